The number of amides is 1. The molecule has 0 radical (unpaired) electrons. The second-order valence-electron chi connectivity index (χ2n) is 3.58. The lowest BCUT2D eigenvalue weighted by molar-refractivity contribution is -0.121. The van der Waals surface area contributed by atoms with Gasteiger partial charge in [0.2, 0.25) is 5.91 Å². The minimum absolute atomic E-state index is 0.113. The summed E-state index contributed by atoms with van der Waals surface area (Å²) in [5.74, 6) is -0.898. The van der Waals surface area contributed by atoms with Crippen LogP contribution in [0.15, 0.2) is 18.2 Å². The van der Waals surface area contributed by atoms with Crippen molar-refractivity contribution < 1.29 is 19.4 Å². The zero-order valence-electron chi connectivity index (χ0n) is 9.82. The highest BCUT2D eigenvalue weighted by atomic mass is 16.5. The van der Waals surface area contributed by atoms with E-state index < -0.39 is 5.97 Å². The lowest BCUT2D eigenvalue weighted by Gasteiger charge is -2.09. The molecule has 1 aromatic carbocycles. The van der Waals surface area contributed by atoms with Crippen molar-refractivity contribution in [3.05, 3.63) is 29.3 Å². The normalized spacial score (nSPS) is 9.76. The van der Waals surface area contributed by atoms with Gasteiger partial charge in [-0.05, 0) is 19.1 Å². The summed E-state index contributed by atoms with van der Waals surface area (Å²) < 4.78 is 5.28. The standard InChI is InChI=1S/C12H15NO4/c1-8-3-4-10(9(7-8)12(15)16)17-6-5-11(14)13-2/h3-4,7H,5-6H2,1-2H3,(H,13,14)(H,15,16). The molecule has 0 aliphatic heterocycles. The van der Waals surface area contributed by atoms with Crippen LogP contribution in [0.2, 0.25) is 0 Å². The molecule has 0 aromatic heterocycles. The maximum absolute atomic E-state index is 11.0. The van der Waals surface area contributed by atoms with Crippen molar-refractivity contribution >= 4 is 11.9 Å². The molecule has 0 unspecified atom stereocenters. The summed E-state index contributed by atoms with van der Waals surface area (Å²) in [6, 6.07) is 4.90. The molecule has 92 valence electrons. The molecule has 1 aromatic rings. The number of carboxylic acids is 1. The first kappa shape index (κ1) is 13.0. The lowest BCUT2D eigenvalue weighted by Crippen LogP contribution is -2.20. The molecule has 1 amide bonds. The van der Waals surface area contributed by atoms with Crippen LogP contribution in [-0.2, 0) is 4.79 Å². The Morgan fingerprint density at radius 1 is 1.41 bits per heavy atom. The highest BCUT2D eigenvalue weighted by molar-refractivity contribution is 5.91. The van der Waals surface area contributed by atoms with E-state index in [4.69, 9.17) is 9.84 Å². The Morgan fingerprint density at radius 3 is 2.71 bits per heavy atom. The summed E-state index contributed by atoms with van der Waals surface area (Å²) in [6.07, 6.45) is 0.198. The van der Waals surface area contributed by atoms with Crippen LogP contribution in [0, 0.1) is 6.92 Å². The Balaban J connectivity index is 2.70. The molecule has 0 saturated heterocycles. The lowest BCUT2D eigenvalue weighted by atomic mass is 10.1. The number of hydrogen-bond donors (Lipinski definition) is 2. The maximum atomic E-state index is 11.0. The summed E-state index contributed by atoms with van der Waals surface area (Å²) in [5, 5.41) is 11.4. The fourth-order valence-corrected chi connectivity index (χ4v) is 1.32. The minimum Gasteiger partial charge on any atom is -0.492 e. The van der Waals surface area contributed by atoms with Crippen LogP contribution < -0.4 is 10.1 Å². The average molecular weight is 237 g/mol. The van der Waals surface area contributed by atoms with Gasteiger partial charge in [0, 0.05) is 7.05 Å². The van der Waals surface area contributed by atoms with Crippen molar-refractivity contribution in [3.8, 4) is 5.75 Å². The minimum atomic E-state index is -1.04. The second-order valence-corrected chi connectivity index (χ2v) is 3.58. The number of aromatic carboxylic acids is 1. The third-order valence-electron chi connectivity index (χ3n) is 2.23. The van der Waals surface area contributed by atoms with Gasteiger partial charge in [0.05, 0.1) is 13.0 Å². The molecule has 5 heteroatoms. The van der Waals surface area contributed by atoms with Crippen molar-refractivity contribution in [2.75, 3.05) is 13.7 Å². The SMILES string of the molecule is CNC(=O)CCOc1ccc(C)cc1C(=O)O. The van der Waals surface area contributed by atoms with Crippen molar-refractivity contribution in [1.29, 1.82) is 0 Å². The molecule has 0 heterocycles. The first-order valence-corrected chi connectivity index (χ1v) is 5.22. The second kappa shape index (κ2) is 5.89. The molecule has 5 nitrogen and oxygen atoms in total. The number of carbonyl (C=O) groups excluding carboxylic acids is 1. The number of nitrogens with one attached hydrogen (secondary N) is 1. The van der Waals surface area contributed by atoms with E-state index in [0.29, 0.717) is 0 Å². The van der Waals surface area contributed by atoms with E-state index in [1.54, 1.807) is 19.1 Å². The fourth-order valence-electron chi connectivity index (χ4n) is 1.32. The maximum Gasteiger partial charge on any atom is 0.339 e. The molecule has 0 aliphatic carbocycles. The van der Waals surface area contributed by atoms with Crippen LogP contribution in [-0.4, -0.2) is 30.6 Å². The molecule has 0 bridgehead atoms. The zero-order chi connectivity index (χ0) is 12.8. The summed E-state index contributed by atoms with van der Waals surface area (Å²) in [6.45, 7) is 1.96. The van der Waals surface area contributed by atoms with Gasteiger partial charge in [-0.15, -0.1) is 0 Å². The van der Waals surface area contributed by atoms with Crippen LogP contribution in [0.5, 0.6) is 5.75 Å². The Bertz CT molecular complexity index is 429. The van der Waals surface area contributed by atoms with Crippen LogP contribution in [0.4, 0.5) is 0 Å². The van der Waals surface area contributed by atoms with Gasteiger partial charge < -0.3 is 15.2 Å². The van der Waals surface area contributed by atoms with Gasteiger partial charge in [0.15, 0.2) is 0 Å². The fraction of sp³-hybridized carbons (Fsp3) is 0.333. The summed E-state index contributed by atoms with van der Waals surface area (Å²) >= 11 is 0. The molecular formula is C12H15NO4. The zero-order valence-corrected chi connectivity index (χ0v) is 9.82. The number of ether oxygens (including phenoxy) is 1. The first-order valence-electron chi connectivity index (χ1n) is 5.22. The molecular weight excluding hydrogens is 222 g/mol. The summed E-state index contributed by atoms with van der Waals surface area (Å²) in [4.78, 5) is 21.9. The van der Waals surface area contributed by atoms with Crippen molar-refractivity contribution in [3.63, 3.8) is 0 Å². The van der Waals surface area contributed by atoms with Crippen molar-refractivity contribution in [1.82, 2.24) is 5.32 Å². The smallest absolute Gasteiger partial charge is 0.339 e. The van der Waals surface area contributed by atoms with Crippen molar-refractivity contribution in [2.45, 2.75) is 13.3 Å². The van der Waals surface area contributed by atoms with Gasteiger partial charge in [-0.3, -0.25) is 4.79 Å². The molecule has 17 heavy (non-hydrogen) atoms. The Morgan fingerprint density at radius 2 is 2.12 bits per heavy atom. The predicted octanol–water partition coefficient (Wildman–Crippen LogP) is 1.21. The van der Waals surface area contributed by atoms with E-state index in [1.807, 2.05) is 0 Å². The highest BCUT2D eigenvalue weighted by Crippen LogP contribution is 2.20. The van der Waals surface area contributed by atoms with E-state index in [1.165, 1.54) is 13.1 Å². The Labute approximate surface area is 99.4 Å². The summed E-state index contributed by atoms with van der Waals surface area (Å²) in [7, 11) is 1.54. The number of carboxylic acid groups (broad SMARTS) is 1. The molecule has 2 N–H and O–H groups in total. The van der Waals surface area contributed by atoms with E-state index in [2.05, 4.69) is 5.32 Å². The van der Waals surface area contributed by atoms with Crippen LogP contribution in [0.3, 0.4) is 0 Å². The molecule has 0 aliphatic rings. The number of rotatable bonds is 5. The van der Waals surface area contributed by atoms with E-state index in [0.717, 1.165) is 5.56 Å². The van der Waals surface area contributed by atoms with Gasteiger partial charge in [-0.25, -0.2) is 4.79 Å². The molecule has 0 fully saturated rings. The van der Waals surface area contributed by atoms with Crippen LogP contribution >= 0.6 is 0 Å². The number of benzene rings is 1. The van der Waals surface area contributed by atoms with Gasteiger partial charge in [-0.1, -0.05) is 11.6 Å². The number of hydrogen-bond acceptors (Lipinski definition) is 3. The van der Waals surface area contributed by atoms with Gasteiger partial charge in [0.1, 0.15) is 11.3 Å². The third kappa shape index (κ3) is 3.79. The highest BCUT2D eigenvalue weighted by Gasteiger charge is 2.11. The van der Waals surface area contributed by atoms with Gasteiger partial charge in [0.25, 0.3) is 0 Å². The largest absolute Gasteiger partial charge is 0.492 e. The molecule has 0 saturated carbocycles. The Kier molecular flexibility index (Phi) is 4.51. The van der Waals surface area contributed by atoms with E-state index in [9.17, 15) is 9.59 Å². The van der Waals surface area contributed by atoms with Crippen LogP contribution in [0.1, 0.15) is 22.3 Å². The van der Waals surface area contributed by atoms with Gasteiger partial charge in [-0.2, -0.15) is 0 Å². The molecule has 0 spiro atoms. The van der Waals surface area contributed by atoms with Gasteiger partial charge >= 0.3 is 5.97 Å². The third-order valence-corrected chi connectivity index (χ3v) is 2.23. The van der Waals surface area contributed by atoms with E-state index >= 15 is 0 Å². The molecule has 0 atom stereocenters. The average Bonchev–Trinajstić information content (AvgIpc) is 2.30. The topological polar surface area (TPSA) is 75.6 Å². The number of aryl methyl sites for hydroxylation is 1. The van der Waals surface area contributed by atoms with E-state index in [-0.39, 0.29) is 30.2 Å². The molecule has 1 rings (SSSR count). The predicted molar refractivity (Wildman–Crippen MR) is 62.3 cm³/mol. The first-order chi connectivity index (χ1) is 8.04. The monoisotopic (exact) mass is 237 g/mol. The Hall–Kier alpha value is -2.04. The number of carbonyl (C=O) groups is 2. The van der Waals surface area contributed by atoms with Crippen LogP contribution in [0.25, 0.3) is 0 Å². The van der Waals surface area contributed by atoms with Crippen molar-refractivity contribution in [2.24, 2.45) is 0 Å². The summed E-state index contributed by atoms with van der Waals surface area (Å²) in [5.41, 5.74) is 0.961. The quantitative estimate of drug-likeness (QED) is 0.807.